The van der Waals surface area contributed by atoms with Gasteiger partial charge in [-0.1, -0.05) is 18.2 Å². The molecule has 76 valence electrons. The van der Waals surface area contributed by atoms with E-state index < -0.39 is 16.5 Å². The van der Waals surface area contributed by atoms with E-state index in [4.69, 9.17) is 14.9 Å². The summed E-state index contributed by atoms with van der Waals surface area (Å²) < 4.78 is 22.2. The molecule has 2 atom stereocenters. The van der Waals surface area contributed by atoms with Gasteiger partial charge < -0.3 is 5.11 Å². The lowest BCUT2D eigenvalue weighted by atomic mass is 10.3. The van der Waals surface area contributed by atoms with Crippen molar-refractivity contribution in [3.05, 3.63) is 30.3 Å². The van der Waals surface area contributed by atoms with Gasteiger partial charge in [-0.05, 0) is 12.1 Å². The fraction of sp³-hybridized carbons (Fsp3) is 0. The molecule has 0 fully saturated rings. The highest BCUT2D eigenvalue weighted by molar-refractivity contribution is 7.46. The summed E-state index contributed by atoms with van der Waals surface area (Å²) in [4.78, 5) is 15.3. The Balaban J connectivity index is 0.000000241. The van der Waals surface area contributed by atoms with Crippen molar-refractivity contribution in [3.8, 4) is 5.75 Å². The van der Waals surface area contributed by atoms with Gasteiger partial charge in [-0.3, -0.25) is 0 Å². The summed E-state index contributed by atoms with van der Waals surface area (Å²) in [6.45, 7) is 0. The lowest BCUT2D eigenvalue weighted by molar-refractivity contribution is 0.371. The first-order valence-corrected chi connectivity index (χ1v) is 5.53. The number of hydrogen-bond acceptors (Lipinski definition) is 4. The van der Waals surface area contributed by atoms with Crippen LogP contribution in [0.25, 0.3) is 0 Å². The summed E-state index contributed by atoms with van der Waals surface area (Å²) in [5, 5.41) is 8.63. The molecule has 0 bridgehead atoms. The SMILES string of the molecule is O=[P+](O)O[P+](=O)O.Oc1ccccc1. The van der Waals surface area contributed by atoms with Crippen LogP contribution in [0.3, 0.4) is 0 Å². The predicted octanol–water partition coefficient (Wildman–Crippen LogP) is 1.69. The smallest absolute Gasteiger partial charge is 0.508 e. The molecule has 1 rings (SSSR count). The van der Waals surface area contributed by atoms with E-state index >= 15 is 0 Å². The largest absolute Gasteiger partial charge is 0.745 e. The first kappa shape index (κ1) is 13.1. The van der Waals surface area contributed by atoms with Crippen LogP contribution in [-0.2, 0) is 13.4 Å². The quantitative estimate of drug-likeness (QED) is 0.677. The maximum atomic E-state index is 9.39. The minimum Gasteiger partial charge on any atom is -0.508 e. The minimum absolute atomic E-state index is 0.322. The standard InChI is InChI=1S/C6H6O.O5P2/c7-6-4-2-1-3-5-6;1-6(2)5-7(3)4/h1-5,7H;/p+2. The molecule has 0 aromatic heterocycles. The molecule has 3 N–H and O–H groups in total. The van der Waals surface area contributed by atoms with Crippen molar-refractivity contribution < 1.29 is 28.3 Å². The number of benzene rings is 1. The van der Waals surface area contributed by atoms with Crippen LogP contribution in [-0.4, -0.2) is 14.9 Å². The first-order chi connectivity index (χ1) is 6.52. The van der Waals surface area contributed by atoms with Crippen molar-refractivity contribution >= 4 is 16.5 Å². The summed E-state index contributed by atoms with van der Waals surface area (Å²) in [6.07, 6.45) is 0. The number of phenolic OH excluding ortho intramolecular Hbond substituents is 1. The molecule has 0 amide bonds. The van der Waals surface area contributed by atoms with Crippen molar-refractivity contribution in [2.24, 2.45) is 0 Å². The second kappa shape index (κ2) is 7.50. The van der Waals surface area contributed by atoms with Gasteiger partial charge in [-0.15, -0.1) is 9.79 Å². The zero-order valence-corrected chi connectivity index (χ0v) is 8.64. The van der Waals surface area contributed by atoms with E-state index in [0.29, 0.717) is 5.75 Å². The lowest BCUT2D eigenvalue weighted by Gasteiger charge is -1.82. The van der Waals surface area contributed by atoms with Gasteiger partial charge in [0.2, 0.25) is 0 Å². The molecule has 0 saturated carbocycles. The second-order valence-electron chi connectivity index (χ2n) is 1.89. The molecular formula is C6H8O6P2+2. The van der Waals surface area contributed by atoms with Crippen LogP contribution >= 0.6 is 16.5 Å². The van der Waals surface area contributed by atoms with Crippen LogP contribution in [0.1, 0.15) is 0 Å². The summed E-state index contributed by atoms with van der Waals surface area (Å²) in [7, 11) is -5.85. The Morgan fingerprint density at radius 3 is 1.57 bits per heavy atom. The summed E-state index contributed by atoms with van der Waals surface area (Å²) in [5.41, 5.74) is 0. The number of phenols is 1. The van der Waals surface area contributed by atoms with Gasteiger partial charge in [0.25, 0.3) is 0 Å². The van der Waals surface area contributed by atoms with Crippen LogP contribution in [0.4, 0.5) is 0 Å². The van der Waals surface area contributed by atoms with E-state index in [-0.39, 0.29) is 0 Å². The van der Waals surface area contributed by atoms with Crippen LogP contribution in [0, 0.1) is 0 Å². The summed E-state index contributed by atoms with van der Waals surface area (Å²) in [5.74, 6) is 0.322. The third-order valence-corrected chi connectivity index (χ3v) is 2.01. The van der Waals surface area contributed by atoms with E-state index in [1.165, 1.54) is 0 Å². The first-order valence-electron chi connectivity index (χ1n) is 3.26. The predicted molar refractivity (Wildman–Crippen MR) is 48.8 cm³/mol. The zero-order valence-electron chi connectivity index (χ0n) is 6.85. The highest BCUT2D eigenvalue weighted by Crippen LogP contribution is 2.30. The molecule has 14 heavy (non-hydrogen) atoms. The normalized spacial score (nSPS) is 11.0. The highest BCUT2D eigenvalue weighted by Gasteiger charge is 2.31. The number of aromatic hydroxyl groups is 1. The molecule has 0 saturated heterocycles. The maximum absolute atomic E-state index is 9.39. The van der Waals surface area contributed by atoms with Gasteiger partial charge in [0.05, 0.1) is 0 Å². The number of para-hydroxylation sites is 1. The molecule has 0 heterocycles. The molecule has 1 aromatic rings. The monoisotopic (exact) mass is 238 g/mol. The van der Waals surface area contributed by atoms with Gasteiger partial charge in [0, 0.05) is 9.13 Å². The summed E-state index contributed by atoms with van der Waals surface area (Å²) >= 11 is 0. The van der Waals surface area contributed by atoms with Crippen LogP contribution in [0.15, 0.2) is 30.3 Å². The molecular weight excluding hydrogens is 230 g/mol. The molecule has 0 radical (unpaired) electrons. The van der Waals surface area contributed by atoms with E-state index in [2.05, 4.69) is 4.31 Å². The Morgan fingerprint density at radius 2 is 1.43 bits per heavy atom. The fourth-order valence-electron chi connectivity index (χ4n) is 0.488. The van der Waals surface area contributed by atoms with Crippen molar-refractivity contribution in [2.75, 3.05) is 0 Å². The summed E-state index contributed by atoms with van der Waals surface area (Å²) in [6, 6.07) is 8.71. The molecule has 2 unspecified atom stereocenters. The minimum atomic E-state index is -2.92. The average molecular weight is 238 g/mol. The van der Waals surface area contributed by atoms with Crippen molar-refractivity contribution in [1.82, 2.24) is 0 Å². The highest BCUT2D eigenvalue weighted by atomic mass is 31.2. The fourth-order valence-corrected chi connectivity index (χ4v) is 0.966. The molecule has 0 aliphatic carbocycles. The Kier molecular flexibility index (Phi) is 7.02. The Hall–Kier alpha value is -0.900. The molecule has 0 aliphatic heterocycles. The second-order valence-corrected chi connectivity index (χ2v) is 3.50. The molecule has 0 aliphatic rings. The van der Waals surface area contributed by atoms with Crippen molar-refractivity contribution in [2.45, 2.75) is 0 Å². The van der Waals surface area contributed by atoms with Gasteiger partial charge in [0.1, 0.15) is 5.75 Å². The maximum Gasteiger partial charge on any atom is 0.745 e. The molecule has 0 spiro atoms. The lowest BCUT2D eigenvalue weighted by Crippen LogP contribution is -1.58. The van der Waals surface area contributed by atoms with Crippen LogP contribution in [0.5, 0.6) is 5.75 Å². The van der Waals surface area contributed by atoms with Crippen molar-refractivity contribution in [3.63, 3.8) is 0 Å². The Bertz CT molecular complexity index is 288. The third kappa shape index (κ3) is 9.19. The van der Waals surface area contributed by atoms with Gasteiger partial charge in [0.15, 0.2) is 4.31 Å². The molecule has 1 aromatic carbocycles. The Labute approximate surface area is 81.7 Å². The van der Waals surface area contributed by atoms with E-state index in [1.54, 1.807) is 24.3 Å². The van der Waals surface area contributed by atoms with Crippen molar-refractivity contribution in [1.29, 1.82) is 0 Å². The number of hydrogen-bond donors (Lipinski definition) is 3. The van der Waals surface area contributed by atoms with Gasteiger partial charge >= 0.3 is 16.5 Å². The van der Waals surface area contributed by atoms with Crippen LogP contribution in [0.2, 0.25) is 0 Å². The van der Waals surface area contributed by atoms with Crippen LogP contribution < -0.4 is 0 Å². The average Bonchev–Trinajstić information content (AvgIpc) is 2.03. The molecule has 6 nitrogen and oxygen atoms in total. The Morgan fingerprint density at radius 1 is 1.00 bits per heavy atom. The van der Waals surface area contributed by atoms with Gasteiger partial charge in [-0.25, -0.2) is 0 Å². The topological polar surface area (TPSA) is 104 Å². The van der Waals surface area contributed by atoms with E-state index in [1.807, 2.05) is 6.07 Å². The zero-order chi connectivity index (χ0) is 11.0. The van der Waals surface area contributed by atoms with E-state index in [0.717, 1.165) is 0 Å². The van der Waals surface area contributed by atoms with E-state index in [9.17, 15) is 9.13 Å². The number of rotatable bonds is 2. The third-order valence-electron chi connectivity index (χ3n) is 0.896. The van der Waals surface area contributed by atoms with Gasteiger partial charge in [-0.2, -0.15) is 0 Å². The molecule has 8 heteroatoms.